The third-order valence-electron chi connectivity index (χ3n) is 2.09. The molecule has 0 spiro atoms. The fourth-order valence-electron chi connectivity index (χ4n) is 1.18. The van der Waals surface area contributed by atoms with Crippen LogP contribution in [0, 0.1) is 0 Å². The second-order valence-electron chi connectivity index (χ2n) is 4.51. The molecule has 0 aliphatic carbocycles. The molecule has 0 unspecified atom stereocenters. The number of nitrogens with zero attached hydrogens (tertiary/aromatic N) is 1. The molecule has 0 saturated heterocycles. The Morgan fingerprint density at radius 1 is 1.31 bits per heavy atom. The van der Waals surface area contributed by atoms with Gasteiger partial charge < -0.3 is 10.6 Å². The smallest absolute Gasteiger partial charge is 0.334 e. The second kappa shape index (κ2) is 5.52. The summed E-state index contributed by atoms with van der Waals surface area (Å²) in [5, 5.41) is 0. The van der Waals surface area contributed by atoms with Gasteiger partial charge in [-0.05, 0) is 27.2 Å². The van der Waals surface area contributed by atoms with Crippen molar-refractivity contribution in [2.45, 2.75) is 45.3 Å². The van der Waals surface area contributed by atoms with Crippen molar-refractivity contribution in [1.82, 2.24) is 4.90 Å². The summed E-state index contributed by atoms with van der Waals surface area (Å²) in [7, 11) is 0. The SMILES string of the molecule is CCN(CC(F)(F)F)C(=O)CCC(C)(C)N. The van der Waals surface area contributed by atoms with Crippen LogP contribution in [0.1, 0.15) is 33.6 Å². The summed E-state index contributed by atoms with van der Waals surface area (Å²) >= 11 is 0. The minimum absolute atomic E-state index is 0.0490. The van der Waals surface area contributed by atoms with Gasteiger partial charge in [-0.25, -0.2) is 0 Å². The quantitative estimate of drug-likeness (QED) is 0.798. The molecule has 2 N–H and O–H groups in total. The highest BCUT2D eigenvalue weighted by molar-refractivity contribution is 5.76. The van der Waals surface area contributed by atoms with Crippen LogP contribution in [0.3, 0.4) is 0 Å². The number of hydrogen-bond donors (Lipinski definition) is 1. The number of carbonyl (C=O) groups excluding carboxylic acids is 1. The first-order valence-corrected chi connectivity index (χ1v) is 5.18. The van der Waals surface area contributed by atoms with E-state index in [1.54, 1.807) is 13.8 Å². The number of carbonyl (C=O) groups is 1. The maximum Gasteiger partial charge on any atom is 0.406 e. The van der Waals surface area contributed by atoms with Gasteiger partial charge in [-0.1, -0.05) is 0 Å². The van der Waals surface area contributed by atoms with Gasteiger partial charge in [-0.15, -0.1) is 0 Å². The van der Waals surface area contributed by atoms with Gasteiger partial charge in [-0.2, -0.15) is 13.2 Å². The van der Waals surface area contributed by atoms with Gasteiger partial charge in [0.15, 0.2) is 0 Å². The molecular formula is C10H19F3N2O. The Hall–Kier alpha value is -0.780. The number of amides is 1. The maximum atomic E-state index is 12.1. The van der Waals surface area contributed by atoms with Crippen molar-refractivity contribution in [3.63, 3.8) is 0 Å². The summed E-state index contributed by atoms with van der Waals surface area (Å²) in [5.74, 6) is -0.502. The molecule has 0 aliphatic rings. The lowest BCUT2D eigenvalue weighted by Gasteiger charge is -2.24. The molecule has 0 aromatic rings. The van der Waals surface area contributed by atoms with E-state index in [0.29, 0.717) is 6.42 Å². The van der Waals surface area contributed by atoms with E-state index in [-0.39, 0.29) is 13.0 Å². The third kappa shape index (κ3) is 7.50. The fourth-order valence-corrected chi connectivity index (χ4v) is 1.18. The average molecular weight is 240 g/mol. The van der Waals surface area contributed by atoms with Crippen LogP contribution in [0.15, 0.2) is 0 Å². The Balaban J connectivity index is 4.22. The van der Waals surface area contributed by atoms with E-state index in [1.165, 1.54) is 6.92 Å². The van der Waals surface area contributed by atoms with E-state index >= 15 is 0 Å². The van der Waals surface area contributed by atoms with E-state index < -0.39 is 24.2 Å². The molecule has 0 atom stereocenters. The molecule has 0 rings (SSSR count). The fraction of sp³-hybridized carbons (Fsp3) is 0.900. The van der Waals surface area contributed by atoms with Crippen molar-refractivity contribution in [1.29, 1.82) is 0 Å². The van der Waals surface area contributed by atoms with Crippen molar-refractivity contribution in [3.05, 3.63) is 0 Å². The number of hydrogen-bond acceptors (Lipinski definition) is 2. The van der Waals surface area contributed by atoms with Gasteiger partial charge in [0.1, 0.15) is 6.54 Å². The van der Waals surface area contributed by atoms with Crippen LogP contribution in [0.2, 0.25) is 0 Å². The first-order valence-electron chi connectivity index (χ1n) is 5.18. The third-order valence-corrected chi connectivity index (χ3v) is 2.09. The molecule has 0 aliphatic heterocycles. The standard InChI is InChI=1S/C10H19F3N2O/c1-4-15(7-10(11,12)13)8(16)5-6-9(2,3)14/h4-7,14H2,1-3H3. The van der Waals surface area contributed by atoms with Crippen molar-refractivity contribution in [2.75, 3.05) is 13.1 Å². The number of halogens is 3. The second-order valence-corrected chi connectivity index (χ2v) is 4.51. The minimum Gasteiger partial charge on any atom is -0.334 e. The molecular weight excluding hydrogens is 221 g/mol. The lowest BCUT2D eigenvalue weighted by atomic mass is 10.00. The first kappa shape index (κ1) is 15.2. The maximum absolute atomic E-state index is 12.1. The average Bonchev–Trinajstić information content (AvgIpc) is 2.07. The van der Waals surface area contributed by atoms with E-state index in [4.69, 9.17) is 5.73 Å². The monoisotopic (exact) mass is 240 g/mol. The van der Waals surface area contributed by atoms with E-state index in [2.05, 4.69) is 0 Å². The topological polar surface area (TPSA) is 46.3 Å². The number of nitrogens with two attached hydrogens (primary N) is 1. The molecule has 16 heavy (non-hydrogen) atoms. The van der Waals surface area contributed by atoms with Crippen molar-refractivity contribution in [3.8, 4) is 0 Å². The molecule has 0 fully saturated rings. The lowest BCUT2D eigenvalue weighted by Crippen LogP contribution is -2.40. The van der Waals surface area contributed by atoms with Gasteiger partial charge in [-0.3, -0.25) is 4.79 Å². The number of alkyl halides is 3. The molecule has 0 aromatic heterocycles. The van der Waals surface area contributed by atoms with Crippen LogP contribution in [-0.4, -0.2) is 35.6 Å². The van der Waals surface area contributed by atoms with Crippen LogP contribution in [0.4, 0.5) is 13.2 Å². The highest BCUT2D eigenvalue weighted by Gasteiger charge is 2.32. The highest BCUT2D eigenvalue weighted by atomic mass is 19.4. The predicted molar refractivity (Wildman–Crippen MR) is 55.8 cm³/mol. The molecule has 6 heteroatoms. The number of rotatable bonds is 5. The zero-order valence-corrected chi connectivity index (χ0v) is 9.90. The zero-order chi connectivity index (χ0) is 13.0. The molecule has 0 saturated carbocycles. The molecule has 96 valence electrons. The predicted octanol–water partition coefficient (Wildman–Crippen LogP) is 1.91. The largest absolute Gasteiger partial charge is 0.406 e. The van der Waals surface area contributed by atoms with Crippen LogP contribution >= 0.6 is 0 Å². The molecule has 3 nitrogen and oxygen atoms in total. The van der Waals surface area contributed by atoms with Gasteiger partial charge in [0.05, 0.1) is 0 Å². The van der Waals surface area contributed by atoms with Crippen molar-refractivity contribution >= 4 is 5.91 Å². The minimum atomic E-state index is -4.34. The highest BCUT2D eigenvalue weighted by Crippen LogP contribution is 2.17. The summed E-state index contributed by atoms with van der Waals surface area (Å²) in [6.07, 6.45) is -3.92. The van der Waals surface area contributed by atoms with Gasteiger partial charge >= 0.3 is 6.18 Å². The Labute approximate surface area is 93.8 Å². The van der Waals surface area contributed by atoms with E-state index in [0.717, 1.165) is 4.90 Å². The molecule has 0 bridgehead atoms. The van der Waals surface area contributed by atoms with Gasteiger partial charge in [0.25, 0.3) is 0 Å². The Kier molecular flexibility index (Phi) is 5.25. The Bertz CT molecular complexity index is 233. The Morgan fingerprint density at radius 2 is 1.81 bits per heavy atom. The normalized spacial score (nSPS) is 12.7. The summed E-state index contributed by atoms with van der Waals surface area (Å²) in [4.78, 5) is 12.3. The summed E-state index contributed by atoms with van der Waals surface area (Å²) < 4.78 is 36.3. The summed E-state index contributed by atoms with van der Waals surface area (Å²) in [6.45, 7) is 3.87. The zero-order valence-electron chi connectivity index (χ0n) is 9.90. The van der Waals surface area contributed by atoms with Crippen LogP contribution < -0.4 is 5.73 Å². The molecule has 0 aromatic carbocycles. The Morgan fingerprint density at radius 3 is 2.12 bits per heavy atom. The molecule has 0 radical (unpaired) electrons. The van der Waals surface area contributed by atoms with Crippen LogP contribution in [0.5, 0.6) is 0 Å². The summed E-state index contributed by atoms with van der Waals surface area (Å²) in [5.41, 5.74) is 5.13. The molecule has 0 heterocycles. The first-order chi connectivity index (χ1) is 7.05. The van der Waals surface area contributed by atoms with Crippen LogP contribution in [-0.2, 0) is 4.79 Å². The summed E-state index contributed by atoms with van der Waals surface area (Å²) in [6, 6.07) is 0. The van der Waals surface area contributed by atoms with E-state index in [1.807, 2.05) is 0 Å². The molecule has 1 amide bonds. The van der Waals surface area contributed by atoms with Crippen LogP contribution in [0.25, 0.3) is 0 Å². The van der Waals surface area contributed by atoms with Crippen molar-refractivity contribution in [2.24, 2.45) is 5.73 Å². The van der Waals surface area contributed by atoms with E-state index in [9.17, 15) is 18.0 Å². The van der Waals surface area contributed by atoms with Gasteiger partial charge in [0, 0.05) is 18.5 Å². The van der Waals surface area contributed by atoms with Gasteiger partial charge in [0.2, 0.25) is 5.91 Å². The lowest BCUT2D eigenvalue weighted by molar-refractivity contribution is -0.160. The van der Waals surface area contributed by atoms with Crippen molar-refractivity contribution < 1.29 is 18.0 Å².